The summed E-state index contributed by atoms with van der Waals surface area (Å²) in [5, 5.41) is 2.89. The summed E-state index contributed by atoms with van der Waals surface area (Å²) in [6.07, 6.45) is 3.19. The largest absolute Gasteiger partial charge is 0.352 e. The molecule has 25 heavy (non-hydrogen) atoms. The Morgan fingerprint density at radius 2 is 2.04 bits per heavy atom. The minimum absolute atomic E-state index is 0.0507. The van der Waals surface area contributed by atoms with Crippen molar-refractivity contribution in [3.8, 4) is 0 Å². The Bertz CT molecular complexity index is 686. The van der Waals surface area contributed by atoms with Crippen LogP contribution in [0.15, 0.2) is 18.2 Å². The fraction of sp³-hybridized carbons (Fsp3) is 0.526. The summed E-state index contributed by atoms with van der Waals surface area (Å²) in [6, 6.07) is 5.46. The van der Waals surface area contributed by atoms with Crippen LogP contribution < -0.4 is 5.32 Å². The van der Waals surface area contributed by atoms with Gasteiger partial charge in [0, 0.05) is 39.1 Å². The molecule has 0 atom stereocenters. The predicted molar refractivity (Wildman–Crippen MR) is 94.2 cm³/mol. The number of hydrogen-bond acceptors (Lipinski definition) is 3. The summed E-state index contributed by atoms with van der Waals surface area (Å²) in [7, 11) is 0. The first-order valence-corrected chi connectivity index (χ1v) is 9.09. The van der Waals surface area contributed by atoms with E-state index in [0.717, 1.165) is 31.4 Å². The Morgan fingerprint density at radius 1 is 1.20 bits per heavy atom. The molecule has 1 saturated heterocycles. The molecule has 2 heterocycles. The number of nitrogens with zero attached hydrogens (tertiary/aromatic N) is 2. The molecule has 0 aliphatic carbocycles. The van der Waals surface area contributed by atoms with Crippen molar-refractivity contribution in [1.29, 1.82) is 0 Å². The van der Waals surface area contributed by atoms with E-state index in [1.165, 1.54) is 0 Å². The summed E-state index contributed by atoms with van der Waals surface area (Å²) >= 11 is 0. The van der Waals surface area contributed by atoms with Gasteiger partial charge in [-0.15, -0.1) is 0 Å². The highest BCUT2D eigenvalue weighted by Crippen LogP contribution is 2.26. The quantitative estimate of drug-likeness (QED) is 0.768. The molecule has 1 aromatic carbocycles. The fourth-order valence-electron chi connectivity index (χ4n) is 3.57. The molecule has 0 radical (unpaired) electrons. The number of benzene rings is 1. The van der Waals surface area contributed by atoms with Crippen molar-refractivity contribution < 1.29 is 14.4 Å². The van der Waals surface area contributed by atoms with Crippen LogP contribution in [0, 0.1) is 0 Å². The monoisotopic (exact) mass is 343 g/mol. The molecule has 6 nitrogen and oxygen atoms in total. The van der Waals surface area contributed by atoms with Crippen molar-refractivity contribution in [3.05, 3.63) is 34.9 Å². The van der Waals surface area contributed by atoms with Gasteiger partial charge in [0.15, 0.2) is 0 Å². The first-order valence-electron chi connectivity index (χ1n) is 9.09. The number of fused-ring (bicyclic) bond motifs is 1. The van der Waals surface area contributed by atoms with Crippen LogP contribution in [0.2, 0.25) is 0 Å². The maximum atomic E-state index is 12.6. The molecule has 134 valence electrons. The van der Waals surface area contributed by atoms with Crippen LogP contribution in [0.4, 0.5) is 0 Å². The Morgan fingerprint density at radius 3 is 2.76 bits per heavy atom. The van der Waals surface area contributed by atoms with Crippen molar-refractivity contribution in [3.63, 3.8) is 0 Å². The smallest absolute Gasteiger partial charge is 0.255 e. The summed E-state index contributed by atoms with van der Waals surface area (Å²) in [5.74, 6) is -0.0598. The van der Waals surface area contributed by atoms with Crippen LogP contribution >= 0.6 is 0 Å². The van der Waals surface area contributed by atoms with Gasteiger partial charge in [0.2, 0.25) is 5.91 Å². The molecule has 0 spiro atoms. The number of hydrogen-bond donors (Lipinski definition) is 1. The van der Waals surface area contributed by atoms with E-state index in [4.69, 9.17) is 0 Å². The minimum Gasteiger partial charge on any atom is -0.352 e. The van der Waals surface area contributed by atoms with Crippen LogP contribution in [0.1, 0.15) is 58.9 Å². The molecule has 1 N–H and O–H groups in total. The van der Waals surface area contributed by atoms with Crippen molar-refractivity contribution >= 4 is 17.7 Å². The van der Waals surface area contributed by atoms with Crippen LogP contribution in [0.25, 0.3) is 0 Å². The zero-order valence-corrected chi connectivity index (χ0v) is 14.7. The maximum Gasteiger partial charge on any atom is 0.255 e. The third-order valence-corrected chi connectivity index (χ3v) is 4.81. The average Bonchev–Trinajstić information content (AvgIpc) is 3.15. The number of rotatable bonds is 7. The number of carbonyl (C=O) groups excluding carboxylic acids is 3. The zero-order valence-electron chi connectivity index (χ0n) is 14.7. The average molecular weight is 343 g/mol. The molecule has 2 aliphatic heterocycles. The van der Waals surface area contributed by atoms with Gasteiger partial charge in [0.1, 0.15) is 0 Å². The molecular weight excluding hydrogens is 318 g/mol. The van der Waals surface area contributed by atoms with Gasteiger partial charge >= 0.3 is 0 Å². The maximum absolute atomic E-state index is 12.6. The van der Waals surface area contributed by atoms with E-state index in [1.54, 1.807) is 11.0 Å². The van der Waals surface area contributed by atoms with E-state index < -0.39 is 0 Å². The summed E-state index contributed by atoms with van der Waals surface area (Å²) in [4.78, 5) is 40.3. The van der Waals surface area contributed by atoms with E-state index in [0.29, 0.717) is 43.7 Å². The SMILES string of the molecule is CCCN1Cc2cccc(C(=O)NCCCN3CCCC3=O)c2C1=O. The third kappa shape index (κ3) is 3.67. The topological polar surface area (TPSA) is 69.7 Å². The second-order valence-electron chi connectivity index (χ2n) is 6.66. The van der Waals surface area contributed by atoms with Crippen molar-refractivity contribution in [2.75, 3.05) is 26.2 Å². The molecule has 6 heteroatoms. The van der Waals surface area contributed by atoms with Gasteiger partial charge in [-0.1, -0.05) is 19.1 Å². The standard InChI is InChI=1S/C19H25N3O3/c1-2-10-22-13-14-6-3-7-15(17(14)19(22)25)18(24)20-9-5-12-21-11-4-8-16(21)23/h3,6-7H,2,4-5,8-13H2,1H3,(H,20,24). The molecule has 2 aliphatic rings. The zero-order chi connectivity index (χ0) is 17.8. The fourth-order valence-corrected chi connectivity index (χ4v) is 3.57. The molecule has 0 aromatic heterocycles. The lowest BCUT2D eigenvalue weighted by atomic mass is 10.0. The molecular formula is C19H25N3O3. The molecule has 3 amide bonds. The van der Waals surface area contributed by atoms with Crippen molar-refractivity contribution in [2.24, 2.45) is 0 Å². The summed E-state index contributed by atoms with van der Waals surface area (Å²) in [5.41, 5.74) is 1.93. The van der Waals surface area contributed by atoms with E-state index in [2.05, 4.69) is 5.32 Å². The van der Waals surface area contributed by atoms with Gasteiger partial charge < -0.3 is 15.1 Å². The Kier molecular flexibility index (Phi) is 5.36. The Hall–Kier alpha value is -2.37. The normalized spacial score (nSPS) is 16.5. The van der Waals surface area contributed by atoms with Gasteiger partial charge in [-0.25, -0.2) is 0 Å². The summed E-state index contributed by atoms with van der Waals surface area (Å²) in [6.45, 7) is 5.32. The molecule has 0 saturated carbocycles. The first kappa shape index (κ1) is 17.5. The lowest BCUT2D eigenvalue weighted by Gasteiger charge is -2.15. The second kappa shape index (κ2) is 7.68. The molecule has 1 aromatic rings. The van der Waals surface area contributed by atoms with Crippen LogP contribution in [-0.2, 0) is 11.3 Å². The Labute approximate surface area is 148 Å². The Balaban J connectivity index is 1.57. The number of nitrogens with one attached hydrogen (secondary N) is 1. The predicted octanol–water partition coefficient (Wildman–Crippen LogP) is 1.79. The second-order valence-corrected chi connectivity index (χ2v) is 6.66. The van der Waals surface area contributed by atoms with Crippen LogP contribution in [-0.4, -0.2) is 53.7 Å². The van der Waals surface area contributed by atoms with E-state index in [-0.39, 0.29) is 17.7 Å². The molecule has 3 rings (SSSR count). The highest BCUT2D eigenvalue weighted by atomic mass is 16.2. The van der Waals surface area contributed by atoms with Crippen LogP contribution in [0.5, 0.6) is 0 Å². The molecule has 0 bridgehead atoms. The van der Waals surface area contributed by atoms with Crippen molar-refractivity contribution in [1.82, 2.24) is 15.1 Å². The third-order valence-electron chi connectivity index (χ3n) is 4.81. The number of likely N-dealkylation sites (tertiary alicyclic amines) is 1. The van der Waals surface area contributed by atoms with Gasteiger partial charge in [0.05, 0.1) is 11.1 Å². The number of carbonyl (C=O) groups is 3. The first-order chi connectivity index (χ1) is 12.1. The van der Waals surface area contributed by atoms with Crippen LogP contribution in [0.3, 0.4) is 0 Å². The molecule has 1 fully saturated rings. The lowest BCUT2D eigenvalue weighted by molar-refractivity contribution is -0.127. The van der Waals surface area contributed by atoms with Gasteiger partial charge in [-0.2, -0.15) is 0 Å². The van der Waals surface area contributed by atoms with Gasteiger partial charge in [-0.3, -0.25) is 14.4 Å². The molecule has 0 unspecified atom stereocenters. The highest BCUT2D eigenvalue weighted by Gasteiger charge is 2.31. The number of amides is 3. The van der Waals surface area contributed by atoms with Gasteiger partial charge in [-0.05, 0) is 30.9 Å². The highest BCUT2D eigenvalue weighted by molar-refractivity contribution is 6.09. The van der Waals surface area contributed by atoms with E-state index in [1.807, 2.05) is 24.0 Å². The van der Waals surface area contributed by atoms with E-state index in [9.17, 15) is 14.4 Å². The van der Waals surface area contributed by atoms with E-state index >= 15 is 0 Å². The minimum atomic E-state index is -0.212. The summed E-state index contributed by atoms with van der Waals surface area (Å²) < 4.78 is 0. The van der Waals surface area contributed by atoms with Gasteiger partial charge in [0.25, 0.3) is 11.8 Å². The lowest BCUT2D eigenvalue weighted by Crippen LogP contribution is -2.31. The van der Waals surface area contributed by atoms with Crippen molar-refractivity contribution in [2.45, 2.75) is 39.2 Å².